The van der Waals surface area contributed by atoms with E-state index in [1.165, 1.54) is 11.8 Å². The number of carboxylic acid groups (broad SMARTS) is 1. The highest BCUT2D eigenvalue weighted by atomic mass is 32.2. The number of H-pyrrole nitrogens is 1. The summed E-state index contributed by atoms with van der Waals surface area (Å²) in [5, 5.41) is 35.6. The molecule has 192 valence electrons. The smallest absolute Gasteiger partial charge is 0.328 e. The van der Waals surface area contributed by atoms with Gasteiger partial charge in [0.1, 0.15) is 18.1 Å². The summed E-state index contributed by atoms with van der Waals surface area (Å²) in [6.07, 6.45) is 4.04. The highest BCUT2D eigenvalue weighted by Crippen LogP contribution is 2.19. The Bertz CT molecular complexity index is 1030. The van der Waals surface area contributed by atoms with Gasteiger partial charge in [0.2, 0.25) is 17.7 Å². The second kappa shape index (κ2) is 13.7. The monoisotopic (exact) mass is 509 g/mol. The van der Waals surface area contributed by atoms with Gasteiger partial charge in [0.05, 0.1) is 19.3 Å². The van der Waals surface area contributed by atoms with E-state index in [0.717, 1.165) is 16.5 Å². The summed E-state index contributed by atoms with van der Waals surface area (Å²) in [5.74, 6) is -3.15. The lowest BCUT2D eigenvalue weighted by atomic mass is 10.0. The van der Waals surface area contributed by atoms with Crippen molar-refractivity contribution < 1.29 is 34.5 Å². The molecule has 35 heavy (non-hydrogen) atoms. The second-order valence-corrected chi connectivity index (χ2v) is 8.82. The van der Waals surface area contributed by atoms with Crippen LogP contribution in [0.5, 0.6) is 0 Å². The molecule has 0 saturated carbocycles. The van der Waals surface area contributed by atoms with Gasteiger partial charge in [0.25, 0.3) is 0 Å². The Balaban J connectivity index is 2.21. The number of hydrogen-bond acceptors (Lipinski definition) is 8. The normalized spacial score (nSPS) is 14.5. The van der Waals surface area contributed by atoms with Crippen LogP contribution in [0.1, 0.15) is 12.0 Å². The zero-order valence-corrected chi connectivity index (χ0v) is 20.0. The molecule has 1 aromatic carbocycles. The van der Waals surface area contributed by atoms with Crippen molar-refractivity contribution in [3.63, 3.8) is 0 Å². The van der Waals surface area contributed by atoms with Crippen LogP contribution in [0, 0.1) is 0 Å². The molecule has 9 N–H and O–H groups in total. The number of aromatic amines is 1. The van der Waals surface area contributed by atoms with Crippen LogP contribution in [0.4, 0.5) is 0 Å². The molecule has 0 aliphatic rings. The van der Waals surface area contributed by atoms with Gasteiger partial charge < -0.3 is 42.0 Å². The fourth-order valence-corrected chi connectivity index (χ4v) is 3.80. The van der Waals surface area contributed by atoms with Gasteiger partial charge in [-0.05, 0) is 30.1 Å². The van der Waals surface area contributed by atoms with E-state index >= 15 is 0 Å². The van der Waals surface area contributed by atoms with E-state index < -0.39 is 61.1 Å². The number of nitrogens with one attached hydrogen (secondary N) is 4. The molecular formula is C22H31N5O7S. The van der Waals surface area contributed by atoms with Gasteiger partial charge in [-0.3, -0.25) is 14.4 Å². The zero-order chi connectivity index (χ0) is 26.0. The fourth-order valence-electron chi connectivity index (χ4n) is 3.31. The molecule has 4 atom stereocenters. The quantitative estimate of drug-likeness (QED) is 0.146. The van der Waals surface area contributed by atoms with Crippen LogP contribution in [-0.2, 0) is 25.6 Å². The van der Waals surface area contributed by atoms with Gasteiger partial charge >= 0.3 is 5.97 Å². The average Bonchev–Trinajstić information content (AvgIpc) is 3.25. The molecule has 0 bridgehead atoms. The lowest BCUT2D eigenvalue weighted by molar-refractivity contribution is -0.143. The Morgan fingerprint density at radius 2 is 1.57 bits per heavy atom. The lowest BCUT2D eigenvalue weighted by Gasteiger charge is -2.24. The van der Waals surface area contributed by atoms with Crippen molar-refractivity contribution in [3.8, 4) is 0 Å². The second-order valence-electron chi connectivity index (χ2n) is 7.84. The number of aliphatic hydroxyl groups is 2. The first-order chi connectivity index (χ1) is 16.7. The van der Waals surface area contributed by atoms with Crippen molar-refractivity contribution in [2.45, 2.75) is 37.0 Å². The number of rotatable bonds is 14. The third kappa shape index (κ3) is 7.96. The first-order valence-corrected chi connectivity index (χ1v) is 12.3. The predicted octanol–water partition coefficient (Wildman–Crippen LogP) is -1.69. The summed E-state index contributed by atoms with van der Waals surface area (Å²) >= 11 is 1.53. The molecule has 0 saturated heterocycles. The Morgan fingerprint density at radius 3 is 2.20 bits per heavy atom. The predicted molar refractivity (Wildman–Crippen MR) is 131 cm³/mol. The van der Waals surface area contributed by atoms with E-state index in [9.17, 15) is 24.3 Å². The summed E-state index contributed by atoms with van der Waals surface area (Å²) in [7, 11) is 0. The van der Waals surface area contributed by atoms with Crippen LogP contribution in [0.15, 0.2) is 30.5 Å². The van der Waals surface area contributed by atoms with E-state index in [0.29, 0.717) is 12.2 Å². The van der Waals surface area contributed by atoms with E-state index in [4.69, 9.17) is 15.9 Å². The molecule has 13 heteroatoms. The van der Waals surface area contributed by atoms with Gasteiger partial charge in [0, 0.05) is 23.5 Å². The number of carbonyl (C=O) groups excluding carboxylic acids is 3. The van der Waals surface area contributed by atoms with Crippen molar-refractivity contribution in [2.24, 2.45) is 5.73 Å². The van der Waals surface area contributed by atoms with Gasteiger partial charge in [-0.15, -0.1) is 0 Å². The number of carbonyl (C=O) groups is 4. The Hall–Kier alpha value is -3.13. The highest BCUT2D eigenvalue weighted by molar-refractivity contribution is 7.98. The number of thioether (sulfide) groups is 1. The molecule has 0 aliphatic heterocycles. The third-order valence-electron chi connectivity index (χ3n) is 5.31. The molecule has 0 aliphatic carbocycles. The first kappa shape index (κ1) is 28.1. The molecule has 4 unspecified atom stereocenters. The summed E-state index contributed by atoms with van der Waals surface area (Å²) in [5.41, 5.74) is 7.51. The number of aliphatic hydroxyl groups excluding tert-OH is 2. The fraction of sp³-hybridized carbons (Fsp3) is 0.455. The van der Waals surface area contributed by atoms with Crippen molar-refractivity contribution >= 4 is 46.4 Å². The van der Waals surface area contributed by atoms with Crippen LogP contribution in [0.3, 0.4) is 0 Å². The average molecular weight is 510 g/mol. The van der Waals surface area contributed by atoms with Crippen LogP contribution < -0.4 is 21.7 Å². The molecule has 3 amide bonds. The van der Waals surface area contributed by atoms with E-state index in [1.807, 2.05) is 35.8 Å². The van der Waals surface area contributed by atoms with Crippen LogP contribution in [-0.4, -0.2) is 93.4 Å². The largest absolute Gasteiger partial charge is 0.480 e. The third-order valence-corrected chi connectivity index (χ3v) is 5.96. The SMILES string of the molecule is CSCCC(N)C(=O)NC(Cc1c[nH]c2ccccc12)C(=O)NC(CO)C(=O)NC(CO)C(=O)O. The van der Waals surface area contributed by atoms with Crippen molar-refractivity contribution in [1.29, 1.82) is 0 Å². The number of amides is 3. The Labute approximate surface area is 206 Å². The number of benzene rings is 1. The molecule has 0 fully saturated rings. The summed E-state index contributed by atoms with van der Waals surface area (Å²) in [6, 6.07) is 2.28. The minimum Gasteiger partial charge on any atom is -0.480 e. The number of carboxylic acids is 1. The standard InChI is InChI=1S/C22H31N5O7S/c1-35-7-6-14(23)19(30)25-16(8-12-9-24-15-5-3-2-4-13(12)15)20(31)26-17(10-28)21(32)27-18(11-29)22(33)34/h2-5,9,14,16-18,24,28-29H,6-8,10-11,23H2,1H3,(H,25,30)(H,26,31)(H,27,32)(H,33,34). The Morgan fingerprint density at radius 1 is 0.971 bits per heavy atom. The number of aliphatic carboxylic acids is 1. The van der Waals surface area contributed by atoms with E-state index in [1.54, 1.807) is 6.20 Å². The van der Waals surface area contributed by atoms with Crippen LogP contribution >= 0.6 is 11.8 Å². The topological polar surface area (TPSA) is 207 Å². The summed E-state index contributed by atoms with van der Waals surface area (Å²) in [6.45, 7) is -1.71. The van der Waals surface area contributed by atoms with Crippen molar-refractivity contribution in [3.05, 3.63) is 36.0 Å². The first-order valence-electron chi connectivity index (χ1n) is 10.9. The number of nitrogens with two attached hydrogens (primary N) is 1. The number of fused-ring (bicyclic) bond motifs is 1. The minimum atomic E-state index is -1.61. The van der Waals surface area contributed by atoms with Crippen LogP contribution in [0.2, 0.25) is 0 Å². The number of para-hydroxylation sites is 1. The van der Waals surface area contributed by atoms with Crippen molar-refractivity contribution in [1.82, 2.24) is 20.9 Å². The maximum Gasteiger partial charge on any atom is 0.328 e. The van der Waals surface area contributed by atoms with Gasteiger partial charge in [-0.1, -0.05) is 18.2 Å². The van der Waals surface area contributed by atoms with E-state index in [2.05, 4.69) is 15.6 Å². The molecule has 1 heterocycles. The summed E-state index contributed by atoms with van der Waals surface area (Å²) in [4.78, 5) is 52.3. The zero-order valence-electron chi connectivity index (χ0n) is 19.2. The highest BCUT2D eigenvalue weighted by Gasteiger charge is 2.30. The molecule has 12 nitrogen and oxygen atoms in total. The van der Waals surface area contributed by atoms with Crippen LogP contribution in [0.25, 0.3) is 10.9 Å². The summed E-state index contributed by atoms with van der Waals surface area (Å²) < 4.78 is 0. The minimum absolute atomic E-state index is 0.0605. The Kier molecular flexibility index (Phi) is 11.0. The van der Waals surface area contributed by atoms with Gasteiger partial charge in [-0.2, -0.15) is 11.8 Å². The maximum absolute atomic E-state index is 13.1. The molecular weight excluding hydrogens is 478 g/mol. The van der Waals surface area contributed by atoms with E-state index in [-0.39, 0.29) is 6.42 Å². The maximum atomic E-state index is 13.1. The molecule has 0 spiro atoms. The number of hydrogen-bond donors (Lipinski definition) is 8. The number of aromatic nitrogens is 1. The molecule has 0 radical (unpaired) electrons. The molecule has 2 rings (SSSR count). The van der Waals surface area contributed by atoms with Gasteiger partial charge in [-0.25, -0.2) is 4.79 Å². The molecule has 2 aromatic rings. The van der Waals surface area contributed by atoms with Gasteiger partial charge in [0.15, 0.2) is 0 Å². The molecule has 1 aromatic heterocycles. The lowest BCUT2D eigenvalue weighted by Crippen LogP contribution is -2.58. The van der Waals surface area contributed by atoms with Crippen molar-refractivity contribution in [2.75, 3.05) is 25.2 Å².